The predicted molar refractivity (Wildman–Crippen MR) is 58.7 cm³/mol. The van der Waals surface area contributed by atoms with Gasteiger partial charge in [0.15, 0.2) is 0 Å². The van der Waals surface area contributed by atoms with Crippen molar-refractivity contribution in [3.8, 4) is 0 Å². The maximum absolute atomic E-state index is 11.8. The number of carbonyl (C=O) groups excluding carboxylic acids is 1. The van der Waals surface area contributed by atoms with Gasteiger partial charge in [-0.25, -0.2) is 0 Å². The Hall–Kier alpha value is -1.43. The first kappa shape index (κ1) is 11.1. The number of rotatable bonds is 5. The summed E-state index contributed by atoms with van der Waals surface area (Å²) >= 11 is 0. The summed E-state index contributed by atoms with van der Waals surface area (Å²) in [6.07, 6.45) is 5.34. The minimum Gasteiger partial charge on any atom is -0.341 e. The van der Waals surface area contributed by atoms with Crippen molar-refractivity contribution in [3.05, 3.63) is 12.4 Å². The number of amides is 1. The molecule has 1 aromatic rings. The third-order valence-electron chi connectivity index (χ3n) is 2.93. The van der Waals surface area contributed by atoms with Crippen LogP contribution in [0, 0.1) is 0 Å². The fourth-order valence-electron chi connectivity index (χ4n) is 2.00. The van der Waals surface area contributed by atoms with Crippen LogP contribution in [0.25, 0.3) is 0 Å². The zero-order valence-electron chi connectivity index (χ0n) is 9.46. The molecule has 1 amide bonds. The lowest BCUT2D eigenvalue weighted by molar-refractivity contribution is -0.129. The van der Waals surface area contributed by atoms with Crippen LogP contribution in [0.5, 0.6) is 0 Å². The molecule has 1 aliphatic heterocycles. The number of likely N-dealkylation sites (N-methyl/N-ethyl adjacent to an activating group) is 1. The normalized spacial score (nSPS) is 20.7. The number of hydrogen-bond acceptors (Lipinski definition) is 4. The van der Waals surface area contributed by atoms with E-state index in [1.54, 1.807) is 10.9 Å². The molecule has 2 heterocycles. The molecule has 1 fully saturated rings. The summed E-state index contributed by atoms with van der Waals surface area (Å²) in [6, 6.07) is 0.0198. The van der Waals surface area contributed by atoms with Crippen LogP contribution in [0.2, 0.25) is 0 Å². The molecule has 1 N–H and O–H groups in total. The number of carbonyl (C=O) groups is 1. The van der Waals surface area contributed by atoms with E-state index in [2.05, 4.69) is 15.6 Å². The van der Waals surface area contributed by atoms with Gasteiger partial charge in [0.1, 0.15) is 0 Å². The maximum Gasteiger partial charge on any atom is 0.239 e. The fraction of sp³-hybridized carbons (Fsp3) is 0.700. The SMILES string of the molecule is CNC1CCN(CCCn2ccnn2)C1=O. The highest BCUT2D eigenvalue weighted by atomic mass is 16.2. The van der Waals surface area contributed by atoms with Crippen molar-refractivity contribution < 1.29 is 4.79 Å². The Balaban J connectivity index is 1.73. The molecule has 88 valence electrons. The van der Waals surface area contributed by atoms with E-state index in [9.17, 15) is 4.79 Å². The van der Waals surface area contributed by atoms with Gasteiger partial charge >= 0.3 is 0 Å². The Kier molecular flexibility index (Phi) is 3.51. The van der Waals surface area contributed by atoms with E-state index in [1.807, 2.05) is 18.1 Å². The van der Waals surface area contributed by atoms with Crippen molar-refractivity contribution in [1.29, 1.82) is 0 Å². The van der Waals surface area contributed by atoms with Crippen LogP contribution in [0.15, 0.2) is 12.4 Å². The van der Waals surface area contributed by atoms with Crippen LogP contribution in [0.4, 0.5) is 0 Å². The smallest absolute Gasteiger partial charge is 0.239 e. The molecule has 16 heavy (non-hydrogen) atoms. The van der Waals surface area contributed by atoms with Crippen molar-refractivity contribution in [2.24, 2.45) is 0 Å². The lowest BCUT2D eigenvalue weighted by Gasteiger charge is -2.16. The Labute approximate surface area is 94.6 Å². The summed E-state index contributed by atoms with van der Waals surface area (Å²) in [7, 11) is 1.83. The van der Waals surface area contributed by atoms with Crippen LogP contribution in [0.1, 0.15) is 12.8 Å². The molecule has 0 radical (unpaired) electrons. The van der Waals surface area contributed by atoms with E-state index in [-0.39, 0.29) is 11.9 Å². The van der Waals surface area contributed by atoms with E-state index in [0.717, 1.165) is 32.5 Å². The summed E-state index contributed by atoms with van der Waals surface area (Å²) in [6.45, 7) is 2.48. The second-order valence-electron chi connectivity index (χ2n) is 3.97. The highest BCUT2D eigenvalue weighted by Crippen LogP contribution is 2.11. The van der Waals surface area contributed by atoms with Crippen molar-refractivity contribution in [3.63, 3.8) is 0 Å². The van der Waals surface area contributed by atoms with E-state index in [0.29, 0.717) is 0 Å². The largest absolute Gasteiger partial charge is 0.341 e. The molecule has 1 aliphatic rings. The molecule has 6 heteroatoms. The van der Waals surface area contributed by atoms with Gasteiger partial charge in [-0.2, -0.15) is 0 Å². The molecule has 1 atom stereocenters. The molecule has 0 aliphatic carbocycles. The van der Waals surface area contributed by atoms with Crippen molar-refractivity contribution >= 4 is 5.91 Å². The molecule has 0 spiro atoms. The molecule has 0 bridgehead atoms. The quantitative estimate of drug-likeness (QED) is 0.730. The molecule has 1 unspecified atom stereocenters. The van der Waals surface area contributed by atoms with Gasteiger partial charge in [0.2, 0.25) is 5.91 Å². The van der Waals surface area contributed by atoms with Gasteiger partial charge < -0.3 is 10.2 Å². The number of nitrogens with one attached hydrogen (secondary N) is 1. The number of nitrogens with zero attached hydrogens (tertiary/aromatic N) is 4. The number of aromatic nitrogens is 3. The zero-order valence-corrected chi connectivity index (χ0v) is 9.46. The second-order valence-corrected chi connectivity index (χ2v) is 3.97. The second kappa shape index (κ2) is 5.07. The average molecular weight is 223 g/mol. The number of aryl methyl sites for hydroxylation is 1. The first-order valence-electron chi connectivity index (χ1n) is 5.61. The van der Waals surface area contributed by atoms with Crippen LogP contribution < -0.4 is 5.32 Å². The molecule has 6 nitrogen and oxygen atoms in total. The fourth-order valence-corrected chi connectivity index (χ4v) is 2.00. The maximum atomic E-state index is 11.8. The van der Waals surface area contributed by atoms with Crippen LogP contribution in [-0.2, 0) is 11.3 Å². The van der Waals surface area contributed by atoms with Gasteiger partial charge in [-0.3, -0.25) is 9.48 Å². The van der Waals surface area contributed by atoms with E-state index < -0.39 is 0 Å². The summed E-state index contributed by atoms with van der Waals surface area (Å²) in [4.78, 5) is 13.7. The number of hydrogen-bond donors (Lipinski definition) is 1. The van der Waals surface area contributed by atoms with Gasteiger partial charge in [0.05, 0.1) is 12.2 Å². The predicted octanol–water partition coefficient (Wildman–Crippen LogP) is -0.512. The molecule has 2 rings (SSSR count). The van der Waals surface area contributed by atoms with Crippen molar-refractivity contribution in [2.75, 3.05) is 20.1 Å². The summed E-state index contributed by atoms with van der Waals surface area (Å²) < 4.78 is 1.79. The summed E-state index contributed by atoms with van der Waals surface area (Å²) in [5.74, 6) is 0.223. The topological polar surface area (TPSA) is 63.1 Å². The van der Waals surface area contributed by atoms with Gasteiger partial charge in [0, 0.05) is 25.8 Å². The third kappa shape index (κ3) is 2.38. The van der Waals surface area contributed by atoms with Crippen molar-refractivity contribution in [1.82, 2.24) is 25.2 Å². The Morgan fingerprint density at radius 1 is 1.56 bits per heavy atom. The van der Waals surface area contributed by atoms with Gasteiger partial charge in [0.25, 0.3) is 0 Å². The molecular weight excluding hydrogens is 206 g/mol. The number of likely N-dealkylation sites (tertiary alicyclic amines) is 1. The standard InChI is InChI=1S/C10H17N5O/c1-11-9-3-7-14(10(9)16)5-2-6-15-8-4-12-13-15/h4,8-9,11H,2-3,5-7H2,1H3. The molecule has 1 aromatic heterocycles. The monoisotopic (exact) mass is 223 g/mol. The Morgan fingerprint density at radius 3 is 3.06 bits per heavy atom. The minimum absolute atomic E-state index is 0.0198. The highest BCUT2D eigenvalue weighted by molar-refractivity contribution is 5.83. The Bertz CT molecular complexity index is 337. The van der Waals surface area contributed by atoms with Gasteiger partial charge in [-0.1, -0.05) is 5.21 Å². The molecule has 1 saturated heterocycles. The first-order valence-corrected chi connectivity index (χ1v) is 5.61. The molecular formula is C10H17N5O. The molecule has 0 aromatic carbocycles. The van der Waals surface area contributed by atoms with Crippen LogP contribution in [0.3, 0.4) is 0 Å². The minimum atomic E-state index is 0.0198. The van der Waals surface area contributed by atoms with Gasteiger partial charge in [-0.15, -0.1) is 5.10 Å². The van der Waals surface area contributed by atoms with Gasteiger partial charge in [-0.05, 0) is 19.9 Å². The highest BCUT2D eigenvalue weighted by Gasteiger charge is 2.29. The summed E-state index contributed by atoms with van der Waals surface area (Å²) in [5, 5.41) is 10.6. The van der Waals surface area contributed by atoms with E-state index in [4.69, 9.17) is 0 Å². The van der Waals surface area contributed by atoms with Crippen LogP contribution >= 0.6 is 0 Å². The molecule has 0 saturated carbocycles. The summed E-state index contributed by atoms with van der Waals surface area (Å²) in [5.41, 5.74) is 0. The average Bonchev–Trinajstić information content (AvgIpc) is 2.90. The Morgan fingerprint density at radius 2 is 2.44 bits per heavy atom. The van der Waals surface area contributed by atoms with E-state index >= 15 is 0 Å². The lowest BCUT2D eigenvalue weighted by atomic mass is 10.3. The van der Waals surface area contributed by atoms with E-state index in [1.165, 1.54) is 0 Å². The first-order chi connectivity index (χ1) is 7.81. The van der Waals surface area contributed by atoms with Crippen molar-refractivity contribution in [2.45, 2.75) is 25.4 Å². The third-order valence-corrected chi connectivity index (χ3v) is 2.93. The lowest BCUT2D eigenvalue weighted by Crippen LogP contribution is -2.36. The van der Waals surface area contributed by atoms with Crippen LogP contribution in [-0.4, -0.2) is 52.0 Å². The zero-order chi connectivity index (χ0) is 11.4.